The molecule has 0 aliphatic heterocycles. The lowest BCUT2D eigenvalue weighted by Gasteiger charge is -2.10. The highest BCUT2D eigenvalue weighted by Gasteiger charge is 2.06. The van der Waals surface area contributed by atoms with Crippen molar-refractivity contribution in [2.45, 2.75) is 26.4 Å². The first-order valence-corrected chi connectivity index (χ1v) is 5.88. The van der Waals surface area contributed by atoms with Gasteiger partial charge in [-0.15, -0.1) is 11.3 Å². The van der Waals surface area contributed by atoms with Crippen molar-refractivity contribution in [2.75, 3.05) is 0 Å². The molecule has 2 heterocycles. The van der Waals surface area contributed by atoms with E-state index in [1.54, 1.807) is 12.5 Å². The highest BCUT2D eigenvalue weighted by molar-refractivity contribution is 7.12. The third-order valence-electron chi connectivity index (χ3n) is 2.38. The number of thiophene rings is 1. The third kappa shape index (κ3) is 2.70. The predicted molar refractivity (Wildman–Crippen MR) is 63.0 cm³/mol. The van der Waals surface area contributed by atoms with E-state index in [9.17, 15) is 0 Å². The molecule has 80 valence electrons. The van der Waals surface area contributed by atoms with Gasteiger partial charge in [0.05, 0.1) is 12.5 Å². The van der Waals surface area contributed by atoms with Crippen LogP contribution < -0.4 is 5.32 Å². The van der Waals surface area contributed by atoms with Crippen LogP contribution in [0.2, 0.25) is 0 Å². The number of hydrogen-bond acceptors (Lipinski definition) is 3. The van der Waals surface area contributed by atoms with Crippen LogP contribution >= 0.6 is 11.3 Å². The Hall–Kier alpha value is -1.06. The molecule has 0 radical (unpaired) electrons. The fourth-order valence-electron chi connectivity index (χ4n) is 1.45. The molecule has 0 saturated carbocycles. The summed E-state index contributed by atoms with van der Waals surface area (Å²) in [6.07, 6.45) is 3.48. The molecule has 1 atom stereocenters. The second-order valence-electron chi connectivity index (χ2n) is 3.68. The van der Waals surface area contributed by atoms with Crippen LogP contribution in [0, 0.1) is 6.92 Å². The van der Waals surface area contributed by atoms with Crippen LogP contribution in [0.1, 0.15) is 28.3 Å². The standard InChI is InChI=1S/C12H15NOS/c1-9-3-4-12(15-9)10(2)13-7-11-5-6-14-8-11/h3-6,8,10,13H,7H2,1-2H3. The molecule has 0 spiro atoms. The fraction of sp³-hybridized carbons (Fsp3) is 0.333. The van der Waals surface area contributed by atoms with Crippen molar-refractivity contribution in [1.29, 1.82) is 0 Å². The van der Waals surface area contributed by atoms with E-state index in [2.05, 4.69) is 31.3 Å². The van der Waals surface area contributed by atoms with Gasteiger partial charge in [0.25, 0.3) is 0 Å². The molecule has 1 N–H and O–H groups in total. The normalized spacial score (nSPS) is 12.9. The van der Waals surface area contributed by atoms with Crippen LogP contribution in [0.25, 0.3) is 0 Å². The predicted octanol–water partition coefficient (Wildman–Crippen LogP) is 3.50. The first-order chi connectivity index (χ1) is 7.25. The zero-order chi connectivity index (χ0) is 10.7. The minimum atomic E-state index is 0.401. The number of furan rings is 1. The van der Waals surface area contributed by atoms with Crippen molar-refractivity contribution >= 4 is 11.3 Å². The highest BCUT2D eigenvalue weighted by Crippen LogP contribution is 2.22. The van der Waals surface area contributed by atoms with E-state index in [1.807, 2.05) is 17.4 Å². The zero-order valence-electron chi connectivity index (χ0n) is 8.99. The minimum Gasteiger partial charge on any atom is -0.472 e. The Balaban J connectivity index is 1.90. The van der Waals surface area contributed by atoms with Crippen molar-refractivity contribution in [1.82, 2.24) is 5.32 Å². The Morgan fingerprint density at radius 3 is 2.87 bits per heavy atom. The summed E-state index contributed by atoms with van der Waals surface area (Å²) in [4.78, 5) is 2.75. The molecule has 0 saturated heterocycles. The summed E-state index contributed by atoms with van der Waals surface area (Å²) >= 11 is 1.85. The van der Waals surface area contributed by atoms with Gasteiger partial charge in [-0.3, -0.25) is 0 Å². The SMILES string of the molecule is Cc1ccc(C(C)NCc2ccoc2)s1. The van der Waals surface area contributed by atoms with Crippen molar-refractivity contribution in [3.63, 3.8) is 0 Å². The van der Waals surface area contributed by atoms with Gasteiger partial charge in [0.1, 0.15) is 0 Å². The van der Waals surface area contributed by atoms with Gasteiger partial charge in [-0.2, -0.15) is 0 Å². The second-order valence-corrected chi connectivity index (χ2v) is 5.00. The number of aryl methyl sites for hydroxylation is 1. The maximum atomic E-state index is 5.02. The van der Waals surface area contributed by atoms with Gasteiger partial charge < -0.3 is 9.73 Å². The molecular formula is C12H15NOS. The Labute approximate surface area is 93.9 Å². The van der Waals surface area contributed by atoms with Gasteiger partial charge in [-0.05, 0) is 32.0 Å². The van der Waals surface area contributed by atoms with Crippen LogP contribution in [0.15, 0.2) is 35.1 Å². The first-order valence-electron chi connectivity index (χ1n) is 5.06. The monoisotopic (exact) mass is 221 g/mol. The van der Waals surface area contributed by atoms with E-state index in [-0.39, 0.29) is 0 Å². The average Bonchev–Trinajstić information content (AvgIpc) is 2.84. The van der Waals surface area contributed by atoms with Crippen molar-refractivity contribution < 1.29 is 4.42 Å². The van der Waals surface area contributed by atoms with Crippen LogP contribution in [0.5, 0.6) is 0 Å². The minimum absolute atomic E-state index is 0.401. The molecule has 0 aliphatic rings. The number of hydrogen-bond donors (Lipinski definition) is 1. The van der Waals surface area contributed by atoms with E-state index >= 15 is 0 Å². The third-order valence-corrected chi connectivity index (χ3v) is 3.56. The van der Waals surface area contributed by atoms with Gasteiger partial charge in [0, 0.05) is 27.9 Å². The van der Waals surface area contributed by atoms with Gasteiger partial charge in [0.15, 0.2) is 0 Å². The Kier molecular flexibility index (Phi) is 3.23. The molecule has 2 nitrogen and oxygen atoms in total. The van der Waals surface area contributed by atoms with Crippen LogP contribution in [0.4, 0.5) is 0 Å². The number of rotatable bonds is 4. The molecule has 2 aromatic heterocycles. The summed E-state index contributed by atoms with van der Waals surface area (Å²) in [7, 11) is 0. The lowest BCUT2D eigenvalue weighted by molar-refractivity contribution is 0.549. The molecule has 0 bridgehead atoms. The van der Waals surface area contributed by atoms with E-state index < -0.39 is 0 Å². The molecule has 0 fully saturated rings. The molecule has 0 amide bonds. The van der Waals surface area contributed by atoms with Gasteiger partial charge in [-0.1, -0.05) is 0 Å². The summed E-state index contributed by atoms with van der Waals surface area (Å²) < 4.78 is 5.02. The molecule has 3 heteroatoms. The first kappa shape index (κ1) is 10.5. The second kappa shape index (κ2) is 4.64. The summed E-state index contributed by atoms with van der Waals surface area (Å²) in [6.45, 7) is 5.18. The molecule has 1 unspecified atom stereocenters. The highest BCUT2D eigenvalue weighted by atomic mass is 32.1. The Morgan fingerprint density at radius 1 is 1.40 bits per heavy atom. The fourth-order valence-corrected chi connectivity index (χ4v) is 2.35. The lowest BCUT2D eigenvalue weighted by Crippen LogP contribution is -2.16. The Bertz CT molecular complexity index is 405. The Morgan fingerprint density at radius 2 is 2.27 bits per heavy atom. The topological polar surface area (TPSA) is 25.2 Å². The molecular weight excluding hydrogens is 206 g/mol. The average molecular weight is 221 g/mol. The molecule has 0 aliphatic carbocycles. The maximum absolute atomic E-state index is 5.02. The van der Waals surface area contributed by atoms with Crippen molar-refractivity contribution in [3.05, 3.63) is 46.0 Å². The van der Waals surface area contributed by atoms with Crippen LogP contribution in [-0.2, 0) is 6.54 Å². The molecule has 2 rings (SSSR count). The maximum Gasteiger partial charge on any atom is 0.0947 e. The summed E-state index contributed by atoms with van der Waals surface area (Å²) in [6, 6.07) is 6.74. The summed E-state index contributed by atoms with van der Waals surface area (Å²) in [5.74, 6) is 0. The largest absolute Gasteiger partial charge is 0.472 e. The smallest absolute Gasteiger partial charge is 0.0947 e. The van der Waals surface area contributed by atoms with Crippen LogP contribution in [-0.4, -0.2) is 0 Å². The number of nitrogens with one attached hydrogen (secondary N) is 1. The molecule has 15 heavy (non-hydrogen) atoms. The molecule has 0 aromatic carbocycles. The summed E-state index contributed by atoms with van der Waals surface area (Å²) in [5, 5.41) is 3.47. The quantitative estimate of drug-likeness (QED) is 0.854. The van der Waals surface area contributed by atoms with E-state index in [0.29, 0.717) is 6.04 Å². The molecule has 2 aromatic rings. The van der Waals surface area contributed by atoms with Crippen molar-refractivity contribution in [3.8, 4) is 0 Å². The van der Waals surface area contributed by atoms with Crippen LogP contribution in [0.3, 0.4) is 0 Å². The lowest BCUT2D eigenvalue weighted by atomic mass is 10.2. The van der Waals surface area contributed by atoms with Gasteiger partial charge in [0.2, 0.25) is 0 Å². The zero-order valence-corrected chi connectivity index (χ0v) is 9.80. The van der Waals surface area contributed by atoms with Crippen molar-refractivity contribution in [2.24, 2.45) is 0 Å². The van der Waals surface area contributed by atoms with E-state index in [1.165, 1.54) is 15.3 Å². The van der Waals surface area contributed by atoms with E-state index in [0.717, 1.165) is 6.54 Å². The van der Waals surface area contributed by atoms with Gasteiger partial charge in [-0.25, -0.2) is 0 Å². The van der Waals surface area contributed by atoms with E-state index in [4.69, 9.17) is 4.42 Å². The summed E-state index contributed by atoms with van der Waals surface area (Å²) in [5.41, 5.74) is 1.19. The van der Waals surface area contributed by atoms with Gasteiger partial charge >= 0.3 is 0 Å².